The van der Waals surface area contributed by atoms with Crippen molar-refractivity contribution in [2.24, 2.45) is 17.8 Å². The van der Waals surface area contributed by atoms with Crippen molar-refractivity contribution in [3.63, 3.8) is 0 Å². The predicted octanol–water partition coefficient (Wildman–Crippen LogP) is 4.43. The van der Waals surface area contributed by atoms with E-state index in [9.17, 15) is 14.9 Å². The van der Waals surface area contributed by atoms with Crippen molar-refractivity contribution in [3.05, 3.63) is 38.9 Å². The first-order valence-electron chi connectivity index (χ1n) is 7.34. The average Bonchev–Trinajstić information content (AvgIpc) is 2.42. The summed E-state index contributed by atoms with van der Waals surface area (Å²) in [5, 5.41) is 11.1. The van der Waals surface area contributed by atoms with Gasteiger partial charge < -0.3 is 0 Å². The highest BCUT2D eigenvalue weighted by Crippen LogP contribution is 2.35. The molecule has 5 heteroatoms. The quantitative estimate of drug-likeness (QED) is 0.610. The number of carbonyl (C=O) groups is 1. The van der Waals surface area contributed by atoms with Crippen LogP contribution in [0.25, 0.3) is 0 Å². The van der Waals surface area contributed by atoms with E-state index in [-0.39, 0.29) is 11.6 Å². The lowest BCUT2D eigenvalue weighted by Crippen LogP contribution is -2.29. The number of rotatable bonds is 4. The van der Waals surface area contributed by atoms with Gasteiger partial charge in [-0.1, -0.05) is 31.5 Å². The van der Waals surface area contributed by atoms with Crippen molar-refractivity contribution >= 4 is 23.1 Å². The number of hydrogen-bond acceptors (Lipinski definition) is 3. The topological polar surface area (TPSA) is 60.2 Å². The molecule has 1 aliphatic rings. The molecule has 2 unspecified atom stereocenters. The molecule has 0 amide bonds. The number of ketones is 1. The molecule has 0 radical (unpaired) electrons. The SMILES string of the molecule is CC(C)C1CCC(=O)C(Cc2ccc([N+](=O)[O-])cc2Cl)C1. The monoisotopic (exact) mass is 309 g/mol. The summed E-state index contributed by atoms with van der Waals surface area (Å²) in [6.45, 7) is 4.38. The zero-order chi connectivity index (χ0) is 15.6. The molecule has 1 saturated carbocycles. The molecule has 1 fully saturated rings. The van der Waals surface area contributed by atoms with Crippen molar-refractivity contribution in [1.29, 1.82) is 0 Å². The smallest absolute Gasteiger partial charge is 0.270 e. The van der Waals surface area contributed by atoms with E-state index < -0.39 is 4.92 Å². The number of non-ortho nitro benzene ring substituents is 1. The van der Waals surface area contributed by atoms with E-state index in [0.717, 1.165) is 18.4 Å². The number of nitrogens with zero attached hydrogens (tertiary/aromatic N) is 1. The third-order valence-corrected chi connectivity index (χ3v) is 4.81. The predicted molar refractivity (Wildman–Crippen MR) is 82.5 cm³/mol. The molecule has 1 aliphatic carbocycles. The summed E-state index contributed by atoms with van der Waals surface area (Å²) in [6.07, 6.45) is 3.09. The third kappa shape index (κ3) is 3.82. The van der Waals surface area contributed by atoms with Gasteiger partial charge in [0.05, 0.1) is 9.95 Å². The minimum atomic E-state index is -0.462. The highest BCUT2D eigenvalue weighted by atomic mass is 35.5. The second-order valence-corrected chi connectivity index (χ2v) is 6.59. The standard InChI is InChI=1S/C16H20ClNO3/c1-10(2)11-4-6-16(19)13(7-11)8-12-3-5-14(18(20)21)9-15(12)17/h3,5,9-11,13H,4,6-8H2,1-2H3. The van der Waals surface area contributed by atoms with Gasteiger partial charge in [0, 0.05) is 24.5 Å². The average molecular weight is 310 g/mol. The molecule has 0 aliphatic heterocycles. The van der Waals surface area contributed by atoms with Crippen LogP contribution < -0.4 is 0 Å². The highest BCUT2D eigenvalue weighted by Gasteiger charge is 2.30. The highest BCUT2D eigenvalue weighted by molar-refractivity contribution is 6.31. The van der Waals surface area contributed by atoms with Gasteiger partial charge in [-0.3, -0.25) is 14.9 Å². The Balaban J connectivity index is 2.13. The molecule has 114 valence electrons. The van der Waals surface area contributed by atoms with Crippen LogP contribution in [0.1, 0.15) is 38.7 Å². The third-order valence-electron chi connectivity index (χ3n) is 4.46. The van der Waals surface area contributed by atoms with E-state index in [1.54, 1.807) is 6.07 Å². The number of nitro benzene ring substituents is 1. The van der Waals surface area contributed by atoms with Gasteiger partial charge in [-0.15, -0.1) is 0 Å². The van der Waals surface area contributed by atoms with Gasteiger partial charge >= 0.3 is 0 Å². The van der Waals surface area contributed by atoms with Crippen LogP contribution in [0.15, 0.2) is 18.2 Å². The molecule has 1 aromatic carbocycles. The molecule has 0 heterocycles. The van der Waals surface area contributed by atoms with E-state index in [1.807, 2.05) is 0 Å². The van der Waals surface area contributed by atoms with Crippen LogP contribution in [0.3, 0.4) is 0 Å². The Morgan fingerprint density at radius 2 is 2.14 bits per heavy atom. The Labute approximate surface area is 129 Å². The van der Waals surface area contributed by atoms with Crippen LogP contribution >= 0.6 is 11.6 Å². The van der Waals surface area contributed by atoms with Gasteiger partial charge in [0.25, 0.3) is 5.69 Å². The molecule has 1 aromatic rings. The molecule has 0 N–H and O–H groups in total. The summed E-state index contributed by atoms with van der Waals surface area (Å²) in [5.41, 5.74) is 0.809. The maximum absolute atomic E-state index is 12.1. The van der Waals surface area contributed by atoms with Gasteiger partial charge in [0.1, 0.15) is 5.78 Å². The second kappa shape index (κ2) is 6.56. The van der Waals surface area contributed by atoms with Crippen molar-refractivity contribution in [3.8, 4) is 0 Å². The summed E-state index contributed by atoms with van der Waals surface area (Å²) >= 11 is 6.12. The largest absolute Gasteiger partial charge is 0.299 e. The van der Waals surface area contributed by atoms with E-state index >= 15 is 0 Å². The van der Waals surface area contributed by atoms with E-state index in [4.69, 9.17) is 11.6 Å². The Bertz CT molecular complexity index is 556. The number of hydrogen-bond donors (Lipinski definition) is 0. The van der Waals surface area contributed by atoms with Gasteiger partial charge in [-0.25, -0.2) is 0 Å². The first kappa shape index (κ1) is 16.0. The summed E-state index contributed by atoms with van der Waals surface area (Å²) in [4.78, 5) is 22.4. The van der Waals surface area contributed by atoms with Crippen molar-refractivity contribution in [2.45, 2.75) is 39.5 Å². The van der Waals surface area contributed by atoms with Gasteiger partial charge in [0.15, 0.2) is 0 Å². The molecule has 0 spiro atoms. The van der Waals surface area contributed by atoms with Gasteiger partial charge in [-0.05, 0) is 36.7 Å². The van der Waals surface area contributed by atoms with E-state index in [1.165, 1.54) is 12.1 Å². The Kier molecular flexibility index (Phi) is 4.99. The first-order chi connectivity index (χ1) is 9.88. The number of halogens is 1. The van der Waals surface area contributed by atoms with Crippen molar-refractivity contribution < 1.29 is 9.72 Å². The van der Waals surface area contributed by atoms with Crippen molar-refractivity contribution in [2.75, 3.05) is 0 Å². The normalized spacial score (nSPS) is 22.6. The second-order valence-electron chi connectivity index (χ2n) is 6.18. The lowest BCUT2D eigenvalue weighted by atomic mass is 9.73. The lowest BCUT2D eigenvalue weighted by Gasteiger charge is -2.30. The number of carbonyl (C=O) groups excluding carboxylic acids is 1. The van der Waals surface area contributed by atoms with Crippen LogP contribution in [0, 0.1) is 27.9 Å². The molecular weight excluding hydrogens is 290 g/mol. The number of Topliss-reactive ketones (excluding diaryl/α,β-unsaturated/α-hetero) is 1. The zero-order valence-electron chi connectivity index (χ0n) is 12.3. The van der Waals surface area contributed by atoms with Crippen molar-refractivity contribution in [1.82, 2.24) is 0 Å². The molecular formula is C16H20ClNO3. The Morgan fingerprint density at radius 3 is 2.71 bits per heavy atom. The molecule has 0 aromatic heterocycles. The zero-order valence-corrected chi connectivity index (χ0v) is 13.1. The molecule has 4 nitrogen and oxygen atoms in total. The van der Waals surface area contributed by atoms with E-state index in [0.29, 0.717) is 35.5 Å². The van der Waals surface area contributed by atoms with Crippen LogP contribution in [0.5, 0.6) is 0 Å². The Hall–Kier alpha value is -1.42. The van der Waals surface area contributed by atoms with Gasteiger partial charge in [-0.2, -0.15) is 0 Å². The van der Waals surface area contributed by atoms with Crippen LogP contribution in [-0.4, -0.2) is 10.7 Å². The Morgan fingerprint density at radius 1 is 1.43 bits per heavy atom. The fraction of sp³-hybridized carbons (Fsp3) is 0.562. The molecule has 0 bridgehead atoms. The first-order valence-corrected chi connectivity index (χ1v) is 7.71. The molecule has 21 heavy (non-hydrogen) atoms. The lowest BCUT2D eigenvalue weighted by molar-refractivity contribution is -0.384. The molecule has 0 saturated heterocycles. The fourth-order valence-corrected chi connectivity index (χ4v) is 3.28. The summed E-state index contributed by atoms with van der Waals surface area (Å²) in [7, 11) is 0. The summed E-state index contributed by atoms with van der Waals surface area (Å²) < 4.78 is 0. The van der Waals surface area contributed by atoms with Gasteiger partial charge in [0.2, 0.25) is 0 Å². The van der Waals surface area contributed by atoms with Crippen LogP contribution in [0.4, 0.5) is 5.69 Å². The molecule has 2 atom stereocenters. The maximum Gasteiger partial charge on any atom is 0.270 e. The maximum atomic E-state index is 12.1. The number of nitro groups is 1. The van der Waals surface area contributed by atoms with E-state index in [2.05, 4.69) is 13.8 Å². The summed E-state index contributed by atoms with van der Waals surface area (Å²) in [6, 6.07) is 4.49. The van der Waals surface area contributed by atoms with Crippen LogP contribution in [0.2, 0.25) is 5.02 Å². The van der Waals surface area contributed by atoms with Crippen LogP contribution in [-0.2, 0) is 11.2 Å². The molecule has 2 rings (SSSR count). The minimum absolute atomic E-state index is 0.00916. The number of benzene rings is 1. The minimum Gasteiger partial charge on any atom is -0.299 e. The fourth-order valence-electron chi connectivity index (χ4n) is 3.03. The summed E-state index contributed by atoms with van der Waals surface area (Å²) in [5.74, 6) is 1.43.